The topological polar surface area (TPSA) is 67.9 Å². The number of halogens is 2. The van der Waals surface area contributed by atoms with E-state index in [4.69, 9.17) is 9.47 Å². The van der Waals surface area contributed by atoms with Gasteiger partial charge in [-0.25, -0.2) is 9.18 Å². The van der Waals surface area contributed by atoms with E-state index in [0.717, 1.165) is 4.90 Å². The minimum atomic E-state index is -0.530. The molecule has 0 atom stereocenters. The SMILES string of the molecule is CCOc1cc(Br)c(C=C2NC(=O)N(Cc3ccc(F)cc3)C2=O)cc1OCC. The van der Waals surface area contributed by atoms with E-state index >= 15 is 0 Å². The average Bonchev–Trinajstić information content (AvgIpc) is 2.95. The van der Waals surface area contributed by atoms with Crippen LogP contribution in [0.3, 0.4) is 0 Å². The molecule has 3 rings (SSSR count). The Morgan fingerprint density at radius 2 is 1.69 bits per heavy atom. The quantitative estimate of drug-likeness (QED) is 0.486. The fraction of sp³-hybridized carbons (Fsp3) is 0.238. The van der Waals surface area contributed by atoms with Gasteiger partial charge >= 0.3 is 6.03 Å². The minimum absolute atomic E-state index is 0.0525. The zero-order chi connectivity index (χ0) is 21.0. The summed E-state index contributed by atoms with van der Waals surface area (Å²) >= 11 is 3.47. The van der Waals surface area contributed by atoms with E-state index in [-0.39, 0.29) is 18.1 Å². The molecule has 29 heavy (non-hydrogen) atoms. The Labute approximate surface area is 176 Å². The molecule has 2 aromatic carbocycles. The van der Waals surface area contributed by atoms with Crippen molar-refractivity contribution in [1.82, 2.24) is 10.2 Å². The zero-order valence-corrected chi connectivity index (χ0v) is 17.6. The normalized spacial score (nSPS) is 15.0. The second-order valence-corrected chi connectivity index (χ2v) is 7.05. The Morgan fingerprint density at radius 1 is 1.07 bits per heavy atom. The van der Waals surface area contributed by atoms with Crippen LogP contribution in [0.4, 0.5) is 9.18 Å². The highest BCUT2D eigenvalue weighted by atomic mass is 79.9. The molecule has 6 nitrogen and oxygen atoms in total. The molecule has 8 heteroatoms. The summed E-state index contributed by atoms with van der Waals surface area (Å²) in [6, 6.07) is 8.63. The molecule has 0 bridgehead atoms. The molecule has 0 radical (unpaired) electrons. The number of hydrogen-bond acceptors (Lipinski definition) is 4. The molecule has 0 aromatic heterocycles. The lowest BCUT2D eigenvalue weighted by Gasteiger charge is -2.13. The van der Waals surface area contributed by atoms with Gasteiger partial charge in [-0.15, -0.1) is 0 Å². The van der Waals surface area contributed by atoms with Gasteiger partial charge in [0.05, 0.1) is 19.8 Å². The van der Waals surface area contributed by atoms with E-state index in [1.165, 1.54) is 24.3 Å². The maximum Gasteiger partial charge on any atom is 0.329 e. The number of urea groups is 1. The summed E-state index contributed by atoms with van der Waals surface area (Å²) in [6.07, 6.45) is 1.58. The van der Waals surface area contributed by atoms with Gasteiger partial charge in [0.15, 0.2) is 11.5 Å². The third-order valence-electron chi connectivity index (χ3n) is 4.18. The first-order valence-corrected chi connectivity index (χ1v) is 9.90. The van der Waals surface area contributed by atoms with Crippen molar-refractivity contribution in [3.05, 3.63) is 63.5 Å². The predicted octanol–water partition coefficient (Wildman–Crippen LogP) is 4.48. The second-order valence-electron chi connectivity index (χ2n) is 6.19. The number of nitrogens with zero attached hydrogens (tertiary/aromatic N) is 1. The molecule has 0 aliphatic carbocycles. The summed E-state index contributed by atoms with van der Waals surface area (Å²) in [5.74, 6) is 0.294. The lowest BCUT2D eigenvalue weighted by Crippen LogP contribution is -2.30. The Hall–Kier alpha value is -2.87. The van der Waals surface area contributed by atoms with Crippen molar-refractivity contribution in [2.24, 2.45) is 0 Å². The Balaban J connectivity index is 1.86. The van der Waals surface area contributed by atoms with Crippen LogP contribution in [0, 0.1) is 5.82 Å². The first-order valence-electron chi connectivity index (χ1n) is 9.11. The molecule has 0 saturated carbocycles. The van der Waals surface area contributed by atoms with Gasteiger partial charge in [0, 0.05) is 4.47 Å². The maximum absolute atomic E-state index is 13.1. The van der Waals surface area contributed by atoms with Crippen molar-refractivity contribution in [2.45, 2.75) is 20.4 Å². The van der Waals surface area contributed by atoms with Crippen LogP contribution < -0.4 is 14.8 Å². The number of nitrogens with one attached hydrogen (secondary N) is 1. The number of carbonyl (C=O) groups is 2. The fourth-order valence-corrected chi connectivity index (χ4v) is 3.28. The molecule has 1 fully saturated rings. The molecular weight excluding hydrogens is 443 g/mol. The van der Waals surface area contributed by atoms with Crippen molar-refractivity contribution in [2.75, 3.05) is 13.2 Å². The van der Waals surface area contributed by atoms with Gasteiger partial charge in [0.2, 0.25) is 0 Å². The first-order chi connectivity index (χ1) is 13.9. The zero-order valence-electron chi connectivity index (χ0n) is 16.0. The molecule has 1 aliphatic heterocycles. The van der Waals surface area contributed by atoms with Crippen molar-refractivity contribution < 1.29 is 23.5 Å². The van der Waals surface area contributed by atoms with E-state index < -0.39 is 11.9 Å². The van der Waals surface area contributed by atoms with E-state index in [1.807, 2.05) is 13.8 Å². The number of carbonyl (C=O) groups excluding carboxylic acids is 2. The van der Waals surface area contributed by atoms with Crippen LogP contribution >= 0.6 is 15.9 Å². The Kier molecular flexibility index (Phi) is 6.53. The molecule has 1 N–H and O–H groups in total. The number of amides is 3. The van der Waals surface area contributed by atoms with E-state index in [0.29, 0.717) is 40.3 Å². The number of ether oxygens (including phenoxy) is 2. The largest absolute Gasteiger partial charge is 0.490 e. The third-order valence-corrected chi connectivity index (χ3v) is 4.87. The second kappa shape index (κ2) is 9.09. The van der Waals surface area contributed by atoms with Crippen LogP contribution in [0.25, 0.3) is 6.08 Å². The molecule has 1 aliphatic rings. The molecule has 0 unspecified atom stereocenters. The van der Waals surface area contributed by atoms with Crippen LogP contribution in [-0.2, 0) is 11.3 Å². The summed E-state index contributed by atoms with van der Waals surface area (Å²) in [5.41, 5.74) is 1.45. The summed E-state index contributed by atoms with van der Waals surface area (Å²) < 4.78 is 25.0. The number of rotatable bonds is 7. The van der Waals surface area contributed by atoms with E-state index in [2.05, 4.69) is 21.2 Å². The minimum Gasteiger partial charge on any atom is -0.490 e. The number of imide groups is 1. The van der Waals surface area contributed by atoms with Crippen LogP contribution in [0.1, 0.15) is 25.0 Å². The molecule has 152 valence electrons. The number of hydrogen-bond donors (Lipinski definition) is 1. The van der Waals surface area contributed by atoms with Gasteiger partial charge in [0.1, 0.15) is 11.5 Å². The highest BCUT2D eigenvalue weighted by Crippen LogP contribution is 2.35. The highest BCUT2D eigenvalue weighted by molar-refractivity contribution is 9.10. The standard InChI is InChI=1S/C21H20BrFN2O4/c1-3-28-18-10-14(16(22)11-19(18)29-4-2)9-17-20(26)25(21(27)24-17)12-13-5-7-15(23)8-6-13/h5-11H,3-4,12H2,1-2H3,(H,24,27). The Bertz CT molecular complexity index is 960. The van der Waals surface area contributed by atoms with Gasteiger partial charge < -0.3 is 14.8 Å². The van der Waals surface area contributed by atoms with Crippen LogP contribution in [0.2, 0.25) is 0 Å². The average molecular weight is 463 g/mol. The maximum atomic E-state index is 13.1. The van der Waals surface area contributed by atoms with Crippen LogP contribution in [0.5, 0.6) is 11.5 Å². The summed E-state index contributed by atoms with van der Waals surface area (Å²) in [5, 5.41) is 2.58. The molecule has 3 amide bonds. The lowest BCUT2D eigenvalue weighted by molar-refractivity contribution is -0.123. The van der Waals surface area contributed by atoms with Gasteiger partial charge in [-0.2, -0.15) is 0 Å². The van der Waals surface area contributed by atoms with Crippen molar-refractivity contribution in [3.8, 4) is 11.5 Å². The molecule has 0 spiro atoms. The fourth-order valence-electron chi connectivity index (χ4n) is 2.84. The highest BCUT2D eigenvalue weighted by Gasteiger charge is 2.33. The van der Waals surface area contributed by atoms with Gasteiger partial charge in [-0.05, 0) is 55.3 Å². The van der Waals surface area contributed by atoms with E-state index in [9.17, 15) is 14.0 Å². The summed E-state index contributed by atoms with van der Waals surface area (Å²) in [7, 11) is 0. The monoisotopic (exact) mass is 462 g/mol. The van der Waals surface area contributed by atoms with Crippen molar-refractivity contribution >= 4 is 33.9 Å². The van der Waals surface area contributed by atoms with Crippen molar-refractivity contribution in [1.29, 1.82) is 0 Å². The first kappa shape index (κ1) is 20.9. The predicted molar refractivity (Wildman–Crippen MR) is 110 cm³/mol. The van der Waals surface area contributed by atoms with Gasteiger partial charge in [-0.3, -0.25) is 9.69 Å². The molecule has 2 aromatic rings. The third kappa shape index (κ3) is 4.76. The Morgan fingerprint density at radius 3 is 2.31 bits per heavy atom. The smallest absolute Gasteiger partial charge is 0.329 e. The number of benzene rings is 2. The summed E-state index contributed by atoms with van der Waals surface area (Å²) in [4.78, 5) is 26.1. The molecular formula is C21H20BrFN2O4. The molecule has 1 saturated heterocycles. The van der Waals surface area contributed by atoms with Crippen LogP contribution in [0.15, 0.2) is 46.6 Å². The van der Waals surface area contributed by atoms with E-state index in [1.54, 1.807) is 18.2 Å². The lowest BCUT2D eigenvalue weighted by atomic mass is 10.1. The van der Waals surface area contributed by atoms with Crippen molar-refractivity contribution in [3.63, 3.8) is 0 Å². The van der Waals surface area contributed by atoms with Crippen LogP contribution in [-0.4, -0.2) is 30.1 Å². The van der Waals surface area contributed by atoms with Gasteiger partial charge in [0.25, 0.3) is 5.91 Å². The molecule has 1 heterocycles. The van der Waals surface area contributed by atoms with Gasteiger partial charge in [-0.1, -0.05) is 28.1 Å². The summed E-state index contributed by atoms with van der Waals surface area (Å²) in [6.45, 7) is 4.74.